The van der Waals surface area contributed by atoms with E-state index in [0.29, 0.717) is 19.1 Å². The number of halogens is 3. The Balaban J connectivity index is 1.25. The van der Waals surface area contributed by atoms with Crippen LogP contribution in [0.1, 0.15) is 24.1 Å². The highest BCUT2D eigenvalue weighted by Gasteiger charge is 2.32. The number of fused-ring (bicyclic) bond motifs is 1. The van der Waals surface area contributed by atoms with Crippen molar-refractivity contribution < 1.29 is 13.2 Å². The van der Waals surface area contributed by atoms with Gasteiger partial charge in [-0.1, -0.05) is 6.07 Å². The molecule has 0 spiro atoms. The minimum atomic E-state index is -4.41. The van der Waals surface area contributed by atoms with Crippen molar-refractivity contribution in [1.82, 2.24) is 24.8 Å². The van der Waals surface area contributed by atoms with E-state index in [4.69, 9.17) is 0 Å². The normalized spacial score (nSPS) is 16.1. The first kappa shape index (κ1) is 21.5. The summed E-state index contributed by atoms with van der Waals surface area (Å²) in [4.78, 5) is 22.4. The predicted octanol–water partition coefficient (Wildman–Crippen LogP) is 3.06. The van der Waals surface area contributed by atoms with Crippen molar-refractivity contribution in [3.05, 3.63) is 70.4 Å². The molecule has 164 valence electrons. The molecule has 1 fully saturated rings. The quantitative estimate of drug-likeness (QED) is 0.650. The topological polar surface area (TPSA) is 63.1 Å². The van der Waals surface area contributed by atoms with Crippen LogP contribution in [0, 0.1) is 0 Å². The third-order valence-corrected chi connectivity index (χ3v) is 5.69. The fraction of sp³-hybridized carbons (Fsp3) is 0.409. The van der Waals surface area contributed by atoms with Gasteiger partial charge in [-0.15, -0.1) is 0 Å². The molecule has 1 aliphatic heterocycles. The van der Waals surface area contributed by atoms with Crippen molar-refractivity contribution in [2.24, 2.45) is 0 Å². The average molecular weight is 431 g/mol. The molecule has 0 atom stereocenters. The number of aromatic nitrogens is 3. The summed E-state index contributed by atoms with van der Waals surface area (Å²) < 4.78 is 39.6. The zero-order valence-corrected chi connectivity index (χ0v) is 17.0. The van der Waals surface area contributed by atoms with E-state index < -0.39 is 11.9 Å². The van der Waals surface area contributed by atoms with Gasteiger partial charge in [-0.3, -0.25) is 14.8 Å². The van der Waals surface area contributed by atoms with Crippen LogP contribution in [0.25, 0.3) is 11.0 Å². The highest BCUT2D eigenvalue weighted by atomic mass is 19.4. The van der Waals surface area contributed by atoms with Crippen LogP contribution >= 0.6 is 0 Å². The monoisotopic (exact) mass is 431 g/mol. The number of hydrogen-bond donors (Lipinski definition) is 1. The number of rotatable bonds is 6. The van der Waals surface area contributed by atoms with E-state index in [2.05, 4.69) is 20.2 Å². The Morgan fingerprint density at radius 1 is 1.03 bits per heavy atom. The van der Waals surface area contributed by atoms with E-state index in [0.717, 1.165) is 55.1 Å². The van der Waals surface area contributed by atoms with Crippen LogP contribution in [0.3, 0.4) is 0 Å². The van der Waals surface area contributed by atoms with Gasteiger partial charge in [0.2, 0.25) is 0 Å². The Hall–Kier alpha value is -2.78. The van der Waals surface area contributed by atoms with Crippen LogP contribution < -0.4 is 10.9 Å². The third-order valence-electron chi connectivity index (χ3n) is 5.69. The molecule has 9 heteroatoms. The first-order valence-electron chi connectivity index (χ1n) is 10.3. The molecule has 1 saturated heterocycles. The lowest BCUT2D eigenvalue weighted by Crippen LogP contribution is -2.43. The number of alkyl halides is 3. The maximum Gasteiger partial charge on any atom is 0.433 e. The van der Waals surface area contributed by atoms with Gasteiger partial charge in [0.15, 0.2) is 0 Å². The van der Waals surface area contributed by atoms with Gasteiger partial charge in [0.25, 0.3) is 5.56 Å². The van der Waals surface area contributed by atoms with Crippen molar-refractivity contribution in [3.8, 4) is 0 Å². The molecule has 31 heavy (non-hydrogen) atoms. The van der Waals surface area contributed by atoms with Gasteiger partial charge >= 0.3 is 6.18 Å². The second-order valence-electron chi connectivity index (χ2n) is 7.78. The largest absolute Gasteiger partial charge is 0.433 e. The standard InChI is InChI=1S/C22H24F3N5O/c23-22(24,25)20-5-3-16(15-28-20)14-27-17-7-10-29(11-8-17)12-13-30-19-2-1-9-26-18(19)4-6-21(30)31/h1-6,9,15,17,27H,7-8,10-14H2. The summed E-state index contributed by atoms with van der Waals surface area (Å²) in [7, 11) is 0. The Bertz CT molecular complexity index is 1070. The molecule has 1 aliphatic rings. The van der Waals surface area contributed by atoms with Gasteiger partial charge in [-0.05, 0) is 55.8 Å². The van der Waals surface area contributed by atoms with E-state index in [1.54, 1.807) is 22.9 Å². The molecule has 0 radical (unpaired) electrons. The van der Waals surface area contributed by atoms with Gasteiger partial charge in [0.05, 0.1) is 11.0 Å². The maximum atomic E-state index is 12.6. The molecule has 0 aromatic carbocycles. The van der Waals surface area contributed by atoms with E-state index in [1.165, 1.54) is 12.3 Å². The summed E-state index contributed by atoms with van der Waals surface area (Å²) in [6, 6.07) is 9.85. The summed E-state index contributed by atoms with van der Waals surface area (Å²) in [5.41, 5.74) is 1.49. The SMILES string of the molecule is O=c1ccc2ncccc2n1CCN1CCC(NCc2ccc(C(F)(F)F)nc2)CC1. The van der Waals surface area contributed by atoms with Gasteiger partial charge in [0.1, 0.15) is 5.69 Å². The molecular weight excluding hydrogens is 407 g/mol. The first-order valence-corrected chi connectivity index (χ1v) is 10.3. The molecule has 3 aromatic rings. The second-order valence-corrected chi connectivity index (χ2v) is 7.78. The minimum absolute atomic E-state index is 0.0257. The Morgan fingerprint density at radius 3 is 2.55 bits per heavy atom. The lowest BCUT2D eigenvalue weighted by molar-refractivity contribution is -0.141. The lowest BCUT2D eigenvalue weighted by atomic mass is 10.0. The Morgan fingerprint density at radius 2 is 1.84 bits per heavy atom. The summed E-state index contributed by atoms with van der Waals surface area (Å²) in [6.07, 6.45) is 0.476. The van der Waals surface area contributed by atoms with Crippen molar-refractivity contribution in [3.63, 3.8) is 0 Å². The Labute approximate surface area is 177 Å². The van der Waals surface area contributed by atoms with Crippen molar-refractivity contribution >= 4 is 11.0 Å². The zero-order chi connectivity index (χ0) is 21.8. The molecule has 6 nitrogen and oxygen atoms in total. The van der Waals surface area contributed by atoms with Crippen molar-refractivity contribution in [2.45, 2.75) is 38.1 Å². The van der Waals surface area contributed by atoms with Crippen LogP contribution in [-0.2, 0) is 19.3 Å². The summed E-state index contributed by atoms with van der Waals surface area (Å²) in [6.45, 7) is 3.69. The highest BCUT2D eigenvalue weighted by Crippen LogP contribution is 2.27. The van der Waals surface area contributed by atoms with Gasteiger partial charge in [-0.2, -0.15) is 13.2 Å². The minimum Gasteiger partial charge on any atom is -0.310 e. The first-order chi connectivity index (χ1) is 14.9. The fourth-order valence-electron chi connectivity index (χ4n) is 3.92. The molecule has 3 aromatic heterocycles. The summed E-state index contributed by atoms with van der Waals surface area (Å²) >= 11 is 0. The average Bonchev–Trinajstić information content (AvgIpc) is 2.77. The molecule has 0 unspecified atom stereocenters. The number of nitrogens with zero attached hydrogens (tertiary/aromatic N) is 4. The number of likely N-dealkylation sites (tertiary alicyclic amines) is 1. The van der Waals surface area contributed by atoms with Crippen molar-refractivity contribution in [1.29, 1.82) is 0 Å². The number of hydrogen-bond acceptors (Lipinski definition) is 5. The van der Waals surface area contributed by atoms with Crippen LogP contribution in [0.5, 0.6) is 0 Å². The molecule has 1 N–H and O–H groups in total. The smallest absolute Gasteiger partial charge is 0.310 e. The molecule has 4 heterocycles. The highest BCUT2D eigenvalue weighted by molar-refractivity contribution is 5.73. The number of piperidine rings is 1. The maximum absolute atomic E-state index is 12.6. The third kappa shape index (κ3) is 5.29. The second kappa shape index (κ2) is 9.15. The Kier molecular flexibility index (Phi) is 6.33. The summed E-state index contributed by atoms with van der Waals surface area (Å²) in [5, 5.41) is 3.41. The van der Waals surface area contributed by atoms with Crippen LogP contribution in [0.4, 0.5) is 13.2 Å². The molecule has 0 saturated carbocycles. The summed E-state index contributed by atoms with van der Waals surface area (Å²) in [5.74, 6) is 0. The van der Waals surface area contributed by atoms with E-state index >= 15 is 0 Å². The zero-order valence-electron chi connectivity index (χ0n) is 17.0. The van der Waals surface area contributed by atoms with E-state index in [1.807, 2.05) is 12.1 Å². The molecule has 0 aliphatic carbocycles. The van der Waals surface area contributed by atoms with Crippen molar-refractivity contribution in [2.75, 3.05) is 19.6 Å². The van der Waals surface area contributed by atoms with Gasteiger partial charge < -0.3 is 14.8 Å². The molecule has 4 rings (SSSR count). The fourth-order valence-corrected chi connectivity index (χ4v) is 3.92. The van der Waals surface area contributed by atoms with E-state index in [9.17, 15) is 18.0 Å². The molecule has 0 bridgehead atoms. The van der Waals surface area contributed by atoms with Gasteiger partial charge in [-0.25, -0.2) is 0 Å². The predicted molar refractivity (Wildman–Crippen MR) is 112 cm³/mol. The molecule has 0 amide bonds. The van der Waals surface area contributed by atoms with Crippen LogP contribution in [0.2, 0.25) is 0 Å². The number of nitrogens with one attached hydrogen (secondary N) is 1. The van der Waals surface area contributed by atoms with Crippen LogP contribution in [-0.4, -0.2) is 45.1 Å². The molecular formula is C22H24F3N5O. The van der Waals surface area contributed by atoms with Crippen LogP contribution in [0.15, 0.2) is 53.6 Å². The van der Waals surface area contributed by atoms with E-state index in [-0.39, 0.29) is 5.56 Å². The number of pyridine rings is 3. The lowest BCUT2D eigenvalue weighted by Gasteiger charge is -2.32. The van der Waals surface area contributed by atoms with Gasteiger partial charge in [0, 0.05) is 44.1 Å².